The Balaban J connectivity index is 1.44. The maximum absolute atomic E-state index is 5.48. The molecule has 0 amide bonds. The summed E-state index contributed by atoms with van der Waals surface area (Å²) in [6.45, 7) is 12.5. The standard InChI is InChI=1S/C25H38N6O2/c1-20-23(19-32-3)24(21-5-7-22(8-6-21)31-13-11-29(2)12-14-31)28-25(27-20)26-9-4-10-30-15-17-33-18-16-30/h5-8H,4,9-19H2,1-3H3,(H,26,27,28). The summed E-state index contributed by atoms with van der Waals surface area (Å²) >= 11 is 0. The molecule has 0 aliphatic carbocycles. The molecule has 33 heavy (non-hydrogen) atoms. The van der Waals surface area contributed by atoms with Gasteiger partial charge in [-0.2, -0.15) is 0 Å². The Labute approximate surface area is 197 Å². The van der Waals surface area contributed by atoms with Crippen LogP contribution in [0.4, 0.5) is 11.6 Å². The molecular formula is C25H38N6O2. The predicted molar refractivity (Wildman–Crippen MR) is 133 cm³/mol. The highest BCUT2D eigenvalue weighted by atomic mass is 16.5. The maximum atomic E-state index is 5.48. The molecule has 2 saturated heterocycles. The SMILES string of the molecule is COCc1c(C)nc(NCCCN2CCOCC2)nc1-c1ccc(N2CCN(C)CC2)cc1. The van der Waals surface area contributed by atoms with Crippen molar-refractivity contribution < 1.29 is 9.47 Å². The monoisotopic (exact) mass is 454 g/mol. The van der Waals surface area contributed by atoms with Crippen molar-refractivity contribution >= 4 is 11.6 Å². The fourth-order valence-electron chi connectivity index (χ4n) is 4.45. The number of piperazine rings is 1. The summed E-state index contributed by atoms with van der Waals surface area (Å²) in [7, 11) is 3.90. The van der Waals surface area contributed by atoms with Crippen molar-refractivity contribution in [3.05, 3.63) is 35.5 Å². The van der Waals surface area contributed by atoms with Crippen LogP contribution in [0.25, 0.3) is 11.3 Å². The van der Waals surface area contributed by atoms with Gasteiger partial charge in [-0.05, 0) is 39.1 Å². The highest BCUT2D eigenvalue weighted by Crippen LogP contribution is 2.28. The van der Waals surface area contributed by atoms with Crippen LogP contribution in [0, 0.1) is 6.92 Å². The summed E-state index contributed by atoms with van der Waals surface area (Å²) in [5, 5.41) is 3.44. The van der Waals surface area contributed by atoms with Gasteiger partial charge in [0, 0.05) is 75.4 Å². The van der Waals surface area contributed by atoms with Crippen molar-refractivity contribution in [3.8, 4) is 11.3 Å². The molecule has 1 aromatic carbocycles. The third-order valence-electron chi connectivity index (χ3n) is 6.55. The second-order valence-corrected chi connectivity index (χ2v) is 8.96. The molecule has 2 aliphatic heterocycles. The van der Waals surface area contributed by atoms with Crippen molar-refractivity contribution in [2.24, 2.45) is 0 Å². The van der Waals surface area contributed by atoms with E-state index in [4.69, 9.17) is 19.4 Å². The van der Waals surface area contributed by atoms with Gasteiger partial charge >= 0.3 is 0 Å². The fraction of sp³-hybridized carbons (Fsp3) is 0.600. The number of benzene rings is 1. The highest BCUT2D eigenvalue weighted by Gasteiger charge is 2.17. The predicted octanol–water partition coefficient (Wildman–Crippen LogP) is 2.48. The molecule has 2 fully saturated rings. The molecule has 0 radical (unpaired) electrons. The first kappa shape index (κ1) is 23.9. The molecule has 3 heterocycles. The van der Waals surface area contributed by atoms with E-state index in [9.17, 15) is 0 Å². The molecule has 8 nitrogen and oxygen atoms in total. The number of likely N-dealkylation sites (N-methyl/N-ethyl adjacent to an activating group) is 1. The number of nitrogens with zero attached hydrogens (tertiary/aromatic N) is 5. The Hall–Kier alpha value is -2.26. The van der Waals surface area contributed by atoms with E-state index in [-0.39, 0.29) is 0 Å². The summed E-state index contributed by atoms with van der Waals surface area (Å²) < 4.78 is 10.9. The molecule has 0 unspecified atom stereocenters. The van der Waals surface area contributed by atoms with Gasteiger partial charge in [-0.1, -0.05) is 12.1 Å². The molecule has 0 spiro atoms. The Morgan fingerprint density at radius 1 is 1.00 bits per heavy atom. The first-order valence-corrected chi connectivity index (χ1v) is 12.1. The van der Waals surface area contributed by atoms with Crippen molar-refractivity contribution in [2.75, 3.05) is 89.9 Å². The number of rotatable bonds is 9. The van der Waals surface area contributed by atoms with E-state index >= 15 is 0 Å². The van der Waals surface area contributed by atoms with E-state index < -0.39 is 0 Å². The quantitative estimate of drug-likeness (QED) is 0.580. The van der Waals surface area contributed by atoms with Gasteiger partial charge in [0.15, 0.2) is 0 Å². The zero-order chi connectivity index (χ0) is 23.0. The lowest BCUT2D eigenvalue weighted by atomic mass is 10.0. The van der Waals surface area contributed by atoms with E-state index in [0.29, 0.717) is 12.6 Å². The normalized spacial score (nSPS) is 18.0. The zero-order valence-electron chi connectivity index (χ0n) is 20.3. The van der Waals surface area contributed by atoms with Gasteiger partial charge in [0.1, 0.15) is 0 Å². The van der Waals surface area contributed by atoms with Crippen molar-refractivity contribution in [2.45, 2.75) is 20.0 Å². The second-order valence-electron chi connectivity index (χ2n) is 8.96. The van der Waals surface area contributed by atoms with Crippen LogP contribution in [0.3, 0.4) is 0 Å². The Kier molecular flexibility index (Phi) is 8.50. The Morgan fingerprint density at radius 3 is 2.42 bits per heavy atom. The van der Waals surface area contributed by atoms with Crippen LogP contribution in [-0.2, 0) is 16.1 Å². The van der Waals surface area contributed by atoms with Crippen LogP contribution >= 0.6 is 0 Å². The zero-order valence-corrected chi connectivity index (χ0v) is 20.3. The number of hydrogen-bond donors (Lipinski definition) is 1. The van der Waals surface area contributed by atoms with Crippen LogP contribution in [0.5, 0.6) is 0 Å². The second kappa shape index (κ2) is 11.7. The summed E-state index contributed by atoms with van der Waals surface area (Å²) in [5.41, 5.74) is 5.32. The van der Waals surface area contributed by atoms with E-state index in [1.165, 1.54) is 5.69 Å². The molecule has 4 rings (SSSR count). The molecule has 1 aromatic heterocycles. The lowest BCUT2D eigenvalue weighted by molar-refractivity contribution is 0.0378. The summed E-state index contributed by atoms with van der Waals surface area (Å²) in [5.74, 6) is 0.687. The van der Waals surface area contributed by atoms with Crippen LogP contribution in [0.1, 0.15) is 17.7 Å². The number of anilines is 2. The molecule has 1 N–H and O–H groups in total. The van der Waals surface area contributed by atoms with Gasteiger partial charge in [-0.15, -0.1) is 0 Å². The van der Waals surface area contributed by atoms with Gasteiger partial charge in [-0.25, -0.2) is 9.97 Å². The van der Waals surface area contributed by atoms with Gasteiger partial charge in [0.05, 0.1) is 25.5 Å². The van der Waals surface area contributed by atoms with E-state index in [2.05, 4.69) is 51.3 Å². The largest absolute Gasteiger partial charge is 0.380 e. The number of methoxy groups -OCH3 is 1. The number of hydrogen-bond acceptors (Lipinski definition) is 8. The number of aromatic nitrogens is 2. The minimum Gasteiger partial charge on any atom is -0.380 e. The van der Waals surface area contributed by atoms with Gasteiger partial charge < -0.3 is 24.6 Å². The lowest BCUT2D eigenvalue weighted by Crippen LogP contribution is -2.44. The third kappa shape index (κ3) is 6.41. The Bertz CT molecular complexity index is 877. The van der Waals surface area contributed by atoms with Crippen molar-refractivity contribution in [1.82, 2.24) is 19.8 Å². The number of morpholine rings is 1. The molecule has 0 atom stereocenters. The number of ether oxygens (including phenoxy) is 2. The van der Waals surface area contributed by atoms with Crippen molar-refractivity contribution in [3.63, 3.8) is 0 Å². The van der Waals surface area contributed by atoms with E-state index in [1.54, 1.807) is 7.11 Å². The minimum atomic E-state index is 0.499. The molecule has 0 bridgehead atoms. The first-order chi connectivity index (χ1) is 16.1. The smallest absolute Gasteiger partial charge is 0.223 e. The lowest BCUT2D eigenvalue weighted by Gasteiger charge is -2.34. The number of nitrogens with one attached hydrogen (secondary N) is 1. The maximum Gasteiger partial charge on any atom is 0.223 e. The van der Waals surface area contributed by atoms with Crippen LogP contribution in [0.2, 0.25) is 0 Å². The Morgan fingerprint density at radius 2 is 1.73 bits per heavy atom. The average molecular weight is 455 g/mol. The summed E-state index contributed by atoms with van der Waals surface area (Å²) in [6, 6.07) is 8.78. The van der Waals surface area contributed by atoms with Gasteiger partial charge in [-0.3, -0.25) is 4.90 Å². The summed E-state index contributed by atoms with van der Waals surface area (Å²) in [6.07, 6.45) is 1.05. The van der Waals surface area contributed by atoms with E-state index in [0.717, 1.165) is 94.5 Å². The minimum absolute atomic E-state index is 0.499. The fourth-order valence-corrected chi connectivity index (χ4v) is 4.45. The molecule has 2 aliphatic rings. The molecule has 8 heteroatoms. The molecule has 2 aromatic rings. The number of aryl methyl sites for hydroxylation is 1. The van der Waals surface area contributed by atoms with Crippen LogP contribution < -0.4 is 10.2 Å². The van der Waals surface area contributed by atoms with Crippen LogP contribution in [-0.4, -0.2) is 99.5 Å². The molecule has 180 valence electrons. The highest BCUT2D eigenvalue weighted by molar-refractivity contribution is 5.68. The van der Waals surface area contributed by atoms with Crippen LogP contribution in [0.15, 0.2) is 24.3 Å². The molecular weight excluding hydrogens is 416 g/mol. The van der Waals surface area contributed by atoms with Gasteiger partial charge in [0.2, 0.25) is 5.95 Å². The first-order valence-electron chi connectivity index (χ1n) is 12.1. The average Bonchev–Trinajstić information content (AvgIpc) is 2.85. The van der Waals surface area contributed by atoms with Crippen molar-refractivity contribution in [1.29, 1.82) is 0 Å². The molecule has 0 saturated carbocycles. The summed E-state index contributed by atoms with van der Waals surface area (Å²) in [4.78, 5) is 16.9. The van der Waals surface area contributed by atoms with E-state index in [1.807, 2.05) is 6.92 Å². The third-order valence-corrected chi connectivity index (χ3v) is 6.55. The van der Waals surface area contributed by atoms with Gasteiger partial charge in [0.25, 0.3) is 0 Å². The topological polar surface area (TPSA) is 66.0 Å².